The lowest BCUT2D eigenvalue weighted by Crippen LogP contribution is -2.42. The van der Waals surface area contributed by atoms with E-state index < -0.39 is 0 Å². The standard InChI is InChI=1S/C15H31N3O/c1-5-15(8-10-16-12-15)14(19)17-9-6-7-11-18(4)13(2)3/h13,16H,5-12H2,1-4H3,(H,17,19). The van der Waals surface area contributed by atoms with Crippen molar-refractivity contribution < 1.29 is 4.79 Å². The largest absolute Gasteiger partial charge is 0.356 e. The predicted molar refractivity (Wildman–Crippen MR) is 80.2 cm³/mol. The SMILES string of the molecule is CCC1(C(=O)NCCCCN(C)C(C)C)CCNC1. The third-order valence-electron chi connectivity index (χ3n) is 4.51. The Labute approximate surface area is 118 Å². The zero-order valence-corrected chi connectivity index (χ0v) is 13.1. The van der Waals surface area contributed by atoms with E-state index in [2.05, 4.69) is 43.4 Å². The van der Waals surface area contributed by atoms with Crippen molar-refractivity contribution >= 4 is 5.91 Å². The molecule has 19 heavy (non-hydrogen) atoms. The number of nitrogens with one attached hydrogen (secondary N) is 2. The third kappa shape index (κ3) is 4.77. The molecule has 0 aliphatic carbocycles. The lowest BCUT2D eigenvalue weighted by Gasteiger charge is -2.25. The van der Waals surface area contributed by atoms with E-state index >= 15 is 0 Å². The van der Waals surface area contributed by atoms with Crippen molar-refractivity contribution in [2.45, 2.75) is 52.5 Å². The lowest BCUT2D eigenvalue weighted by atomic mass is 9.83. The van der Waals surface area contributed by atoms with Crippen LogP contribution in [0.1, 0.15) is 46.5 Å². The van der Waals surface area contributed by atoms with Gasteiger partial charge in [0.25, 0.3) is 0 Å². The van der Waals surface area contributed by atoms with Gasteiger partial charge in [-0.3, -0.25) is 4.79 Å². The van der Waals surface area contributed by atoms with E-state index in [-0.39, 0.29) is 11.3 Å². The number of carbonyl (C=O) groups is 1. The second kappa shape index (κ2) is 7.85. The second-order valence-electron chi connectivity index (χ2n) is 6.10. The van der Waals surface area contributed by atoms with Crippen molar-refractivity contribution in [3.63, 3.8) is 0 Å². The zero-order valence-electron chi connectivity index (χ0n) is 13.1. The van der Waals surface area contributed by atoms with E-state index in [1.165, 1.54) is 0 Å². The van der Waals surface area contributed by atoms with Crippen LogP contribution in [0, 0.1) is 5.41 Å². The minimum absolute atomic E-state index is 0.144. The molecule has 1 aliphatic heterocycles. The van der Waals surface area contributed by atoms with Crippen LogP contribution in [-0.2, 0) is 4.79 Å². The minimum atomic E-state index is -0.144. The zero-order chi connectivity index (χ0) is 14.3. The van der Waals surface area contributed by atoms with E-state index in [0.29, 0.717) is 6.04 Å². The monoisotopic (exact) mass is 269 g/mol. The molecule has 112 valence electrons. The van der Waals surface area contributed by atoms with Gasteiger partial charge in [0.1, 0.15) is 0 Å². The van der Waals surface area contributed by atoms with Gasteiger partial charge in [0.15, 0.2) is 0 Å². The molecule has 1 atom stereocenters. The summed E-state index contributed by atoms with van der Waals surface area (Å²) in [5.74, 6) is 0.247. The third-order valence-corrected chi connectivity index (χ3v) is 4.51. The van der Waals surface area contributed by atoms with E-state index in [1.54, 1.807) is 0 Å². The van der Waals surface area contributed by atoms with Crippen LogP contribution >= 0.6 is 0 Å². The number of hydrogen-bond acceptors (Lipinski definition) is 3. The first-order valence-electron chi connectivity index (χ1n) is 7.71. The van der Waals surface area contributed by atoms with Gasteiger partial charge in [0, 0.05) is 19.1 Å². The Morgan fingerprint density at radius 1 is 1.42 bits per heavy atom. The molecule has 1 fully saturated rings. The van der Waals surface area contributed by atoms with Crippen LogP contribution in [0.5, 0.6) is 0 Å². The molecule has 4 nitrogen and oxygen atoms in total. The first-order chi connectivity index (χ1) is 9.02. The molecule has 0 bridgehead atoms. The Balaban J connectivity index is 2.17. The molecule has 1 amide bonds. The van der Waals surface area contributed by atoms with Crippen LogP contribution in [-0.4, -0.2) is 50.1 Å². The van der Waals surface area contributed by atoms with Gasteiger partial charge < -0.3 is 15.5 Å². The second-order valence-corrected chi connectivity index (χ2v) is 6.10. The van der Waals surface area contributed by atoms with Crippen LogP contribution < -0.4 is 10.6 Å². The highest BCUT2D eigenvalue weighted by Crippen LogP contribution is 2.29. The Morgan fingerprint density at radius 2 is 2.16 bits per heavy atom. The van der Waals surface area contributed by atoms with E-state index in [4.69, 9.17) is 0 Å². The minimum Gasteiger partial charge on any atom is -0.356 e. The molecule has 0 aromatic rings. The topological polar surface area (TPSA) is 44.4 Å². The number of unbranched alkanes of at least 4 members (excludes halogenated alkanes) is 1. The molecule has 0 spiro atoms. The normalized spacial score (nSPS) is 23.3. The van der Waals surface area contributed by atoms with Gasteiger partial charge >= 0.3 is 0 Å². The fourth-order valence-corrected chi connectivity index (χ4v) is 2.53. The molecular formula is C15H31N3O. The number of rotatable bonds is 8. The van der Waals surface area contributed by atoms with Crippen LogP contribution in [0.2, 0.25) is 0 Å². The molecule has 0 aromatic carbocycles. The maximum Gasteiger partial charge on any atom is 0.227 e. The summed E-state index contributed by atoms with van der Waals surface area (Å²) in [4.78, 5) is 14.6. The average molecular weight is 269 g/mol. The first kappa shape index (κ1) is 16.4. The first-order valence-corrected chi connectivity index (χ1v) is 7.71. The van der Waals surface area contributed by atoms with Crippen LogP contribution in [0.15, 0.2) is 0 Å². The highest BCUT2D eigenvalue weighted by atomic mass is 16.2. The Hall–Kier alpha value is -0.610. The molecule has 4 heteroatoms. The van der Waals surface area contributed by atoms with Gasteiger partial charge in [0.05, 0.1) is 5.41 Å². The summed E-state index contributed by atoms with van der Waals surface area (Å²) in [5, 5.41) is 6.43. The average Bonchev–Trinajstić information content (AvgIpc) is 2.87. The van der Waals surface area contributed by atoms with Crippen molar-refractivity contribution in [2.75, 3.05) is 33.2 Å². The van der Waals surface area contributed by atoms with Gasteiger partial charge in [-0.1, -0.05) is 6.92 Å². The number of nitrogens with zero attached hydrogens (tertiary/aromatic N) is 1. The molecule has 0 saturated carbocycles. The van der Waals surface area contributed by atoms with Crippen molar-refractivity contribution in [3.05, 3.63) is 0 Å². The molecule has 1 aliphatic rings. The van der Waals surface area contributed by atoms with Gasteiger partial charge in [-0.05, 0) is 59.7 Å². The van der Waals surface area contributed by atoms with Crippen molar-refractivity contribution in [1.29, 1.82) is 0 Å². The fourth-order valence-electron chi connectivity index (χ4n) is 2.53. The van der Waals surface area contributed by atoms with Gasteiger partial charge in [-0.2, -0.15) is 0 Å². The summed E-state index contributed by atoms with van der Waals surface area (Å²) in [6.07, 6.45) is 4.12. The summed E-state index contributed by atoms with van der Waals surface area (Å²) >= 11 is 0. The number of amides is 1. The number of hydrogen-bond donors (Lipinski definition) is 2. The van der Waals surface area contributed by atoms with Crippen LogP contribution in [0.25, 0.3) is 0 Å². The molecule has 1 unspecified atom stereocenters. The summed E-state index contributed by atoms with van der Waals surface area (Å²) in [5.41, 5.74) is -0.144. The molecule has 2 N–H and O–H groups in total. The maximum atomic E-state index is 12.2. The van der Waals surface area contributed by atoms with Crippen molar-refractivity contribution in [3.8, 4) is 0 Å². The Bertz CT molecular complexity index is 273. The fraction of sp³-hybridized carbons (Fsp3) is 0.933. The van der Waals surface area contributed by atoms with Gasteiger partial charge in [-0.15, -0.1) is 0 Å². The Morgan fingerprint density at radius 3 is 2.68 bits per heavy atom. The number of carbonyl (C=O) groups excluding carboxylic acids is 1. The summed E-state index contributed by atoms with van der Waals surface area (Å²) in [6, 6.07) is 0.600. The van der Waals surface area contributed by atoms with Gasteiger partial charge in [-0.25, -0.2) is 0 Å². The molecule has 0 radical (unpaired) electrons. The summed E-state index contributed by atoms with van der Waals surface area (Å²) in [7, 11) is 2.15. The maximum absolute atomic E-state index is 12.2. The quantitative estimate of drug-likeness (QED) is 0.658. The van der Waals surface area contributed by atoms with Gasteiger partial charge in [0.2, 0.25) is 5.91 Å². The molecule has 1 heterocycles. The smallest absolute Gasteiger partial charge is 0.227 e. The van der Waals surface area contributed by atoms with Crippen LogP contribution in [0.3, 0.4) is 0 Å². The summed E-state index contributed by atoms with van der Waals surface area (Å²) in [6.45, 7) is 10.3. The summed E-state index contributed by atoms with van der Waals surface area (Å²) < 4.78 is 0. The van der Waals surface area contributed by atoms with E-state index in [9.17, 15) is 4.79 Å². The predicted octanol–water partition coefficient (Wildman–Crippen LogP) is 1.61. The van der Waals surface area contributed by atoms with Crippen molar-refractivity contribution in [1.82, 2.24) is 15.5 Å². The molecule has 1 saturated heterocycles. The van der Waals surface area contributed by atoms with E-state index in [0.717, 1.165) is 51.9 Å². The molecule has 0 aromatic heterocycles. The Kier molecular flexibility index (Phi) is 6.80. The highest BCUT2D eigenvalue weighted by molar-refractivity contribution is 5.83. The molecule has 1 rings (SSSR count). The van der Waals surface area contributed by atoms with E-state index in [1.807, 2.05) is 0 Å². The molecular weight excluding hydrogens is 238 g/mol. The van der Waals surface area contributed by atoms with Crippen LogP contribution in [0.4, 0.5) is 0 Å². The highest BCUT2D eigenvalue weighted by Gasteiger charge is 2.38. The lowest BCUT2D eigenvalue weighted by molar-refractivity contribution is -0.130. The van der Waals surface area contributed by atoms with Crippen molar-refractivity contribution in [2.24, 2.45) is 5.41 Å².